The number of nitrogens with zero attached hydrogens (tertiary/aromatic N) is 1. The highest BCUT2D eigenvalue weighted by atomic mass is 16.6. The molecule has 0 bridgehead atoms. The molecule has 0 unspecified atom stereocenters. The highest BCUT2D eigenvalue weighted by Gasteiger charge is 2.35. The largest absolute Gasteiger partial charge is 0.444 e. The Hall–Kier alpha value is -1.10. The van der Waals surface area contributed by atoms with Gasteiger partial charge in [-0.2, -0.15) is 0 Å². The molecule has 0 aromatic rings. The third kappa shape index (κ3) is 4.20. The van der Waals surface area contributed by atoms with Gasteiger partial charge in [-0.3, -0.25) is 0 Å². The minimum atomic E-state index is -0.444. The molecule has 0 atom stereocenters. The second-order valence-electron chi connectivity index (χ2n) is 6.98. The zero-order valence-corrected chi connectivity index (χ0v) is 12.7. The van der Waals surface area contributed by atoms with E-state index in [1.807, 2.05) is 20.8 Å². The van der Waals surface area contributed by atoms with Crippen molar-refractivity contribution in [3.05, 3.63) is 0 Å². The van der Waals surface area contributed by atoms with Crippen molar-refractivity contribution in [1.82, 2.24) is 10.2 Å². The number of hydrogen-bond acceptors (Lipinski definition) is 4. The number of carbonyl (C=O) groups is 2. The van der Waals surface area contributed by atoms with Crippen LogP contribution in [0, 0.1) is 5.92 Å². The van der Waals surface area contributed by atoms with Crippen molar-refractivity contribution in [2.45, 2.75) is 64.1 Å². The van der Waals surface area contributed by atoms with Gasteiger partial charge in [0.1, 0.15) is 11.9 Å². The number of nitrogens with one attached hydrogen (secondary N) is 1. The van der Waals surface area contributed by atoms with Gasteiger partial charge in [0.05, 0.1) is 0 Å². The second kappa shape index (κ2) is 6.12. The van der Waals surface area contributed by atoms with Gasteiger partial charge < -0.3 is 19.7 Å². The van der Waals surface area contributed by atoms with Gasteiger partial charge in [-0.25, -0.2) is 4.79 Å². The average molecular weight is 282 g/mol. The molecule has 5 nitrogen and oxygen atoms in total. The van der Waals surface area contributed by atoms with E-state index in [4.69, 9.17) is 4.74 Å². The summed E-state index contributed by atoms with van der Waals surface area (Å²) in [5.74, 6) is 0.276. The molecular formula is C15H26N2O3. The number of amides is 1. The third-order valence-electron chi connectivity index (χ3n) is 4.11. The molecule has 0 spiro atoms. The molecule has 0 aromatic carbocycles. The van der Waals surface area contributed by atoms with Crippen LogP contribution in [0.1, 0.15) is 46.5 Å². The van der Waals surface area contributed by atoms with Crippen LogP contribution < -0.4 is 5.32 Å². The topological polar surface area (TPSA) is 58.6 Å². The number of alkyl carbamates (subject to hydrolysis) is 1. The maximum atomic E-state index is 11.7. The molecule has 1 aliphatic heterocycles. The van der Waals surface area contributed by atoms with Crippen LogP contribution in [-0.4, -0.2) is 48.1 Å². The first-order chi connectivity index (χ1) is 9.37. The van der Waals surface area contributed by atoms with Gasteiger partial charge in [0.2, 0.25) is 0 Å². The summed E-state index contributed by atoms with van der Waals surface area (Å²) in [6.45, 7) is 7.60. The molecule has 2 rings (SSSR count). The summed E-state index contributed by atoms with van der Waals surface area (Å²) in [6.07, 6.45) is 4.69. The Bertz CT molecular complexity index is 351. The van der Waals surface area contributed by atoms with E-state index < -0.39 is 5.60 Å². The maximum Gasteiger partial charge on any atom is 0.407 e. The highest BCUT2D eigenvalue weighted by molar-refractivity contribution is 5.68. The lowest BCUT2D eigenvalue weighted by atomic mass is 9.79. The van der Waals surface area contributed by atoms with Gasteiger partial charge in [0.15, 0.2) is 0 Å². The standard InChI is InChI=1S/C15H26N2O3/c1-15(2,3)20-14(19)16-12-4-6-17(7-5-12)13-8-11(9-13)10-18/h10-13H,4-9H2,1-3H3,(H,16,19). The minimum Gasteiger partial charge on any atom is -0.444 e. The molecule has 114 valence electrons. The van der Waals surface area contributed by atoms with E-state index in [2.05, 4.69) is 10.2 Å². The van der Waals surface area contributed by atoms with E-state index in [-0.39, 0.29) is 18.1 Å². The van der Waals surface area contributed by atoms with Gasteiger partial charge in [0.25, 0.3) is 0 Å². The zero-order valence-electron chi connectivity index (χ0n) is 12.7. The molecule has 1 heterocycles. The Morgan fingerprint density at radius 1 is 1.25 bits per heavy atom. The predicted octanol–water partition coefficient (Wildman–Crippen LogP) is 1.95. The van der Waals surface area contributed by atoms with Crippen LogP contribution in [0.5, 0.6) is 0 Å². The Morgan fingerprint density at radius 3 is 2.35 bits per heavy atom. The molecule has 0 radical (unpaired) electrons. The van der Waals surface area contributed by atoms with Gasteiger partial charge in [-0.15, -0.1) is 0 Å². The van der Waals surface area contributed by atoms with Crippen LogP contribution >= 0.6 is 0 Å². The Morgan fingerprint density at radius 2 is 1.85 bits per heavy atom. The summed E-state index contributed by atoms with van der Waals surface area (Å²) in [6, 6.07) is 0.788. The van der Waals surface area contributed by atoms with Gasteiger partial charge in [-0.1, -0.05) is 0 Å². The smallest absolute Gasteiger partial charge is 0.407 e. The molecular weight excluding hydrogens is 256 g/mol. The van der Waals surface area contributed by atoms with E-state index in [1.165, 1.54) is 0 Å². The lowest BCUT2D eigenvalue weighted by Crippen LogP contribution is -2.52. The van der Waals surface area contributed by atoms with E-state index >= 15 is 0 Å². The van der Waals surface area contributed by atoms with E-state index in [0.717, 1.165) is 45.1 Å². The number of ether oxygens (including phenoxy) is 1. The van der Waals surface area contributed by atoms with Crippen LogP contribution in [0.2, 0.25) is 0 Å². The fourth-order valence-electron chi connectivity index (χ4n) is 2.92. The number of likely N-dealkylation sites (tertiary alicyclic amines) is 1. The van der Waals surface area contributed by atoms with Crippen molar-refractivity contribution in [3.63, 3.8) is 0 Å². The fraction of sp³-hybridized carbons (Fsp3) is 0.867. The number of aldehydes is 1. The molecule has 1 saturated carbocycles. The van der Waals surface area contributed by atoms with Crippen molar-refractivity contribution in [2.75, 3.05) is 13.1 Å². The molecule has 1 saturated heterocycles. The fourth-order valence-corrected chi connectivity index (χ4v) is 2.92. The molecule has 1 aliphatic carbocycles. The number of hydrogen-bond donors (Lipinski definition) is 1. The third-order valence-corrected chi connectivity index (χ3v) is 4.11. The van der Waals surface area contributed by atoms with E-state index in [1.54, 1.807) is 0 Å². The second-order valence-corrected chi connectivity index (χ2v) is 6.98. The number of rotatable bonds is 3. The number of carbonyl (C=O) groups excluding carboxylic acids is 2. The lowest BCUT2D eigenvalue weighted by Gasteiger charge is -2.44. The maximum absolute atomic E-state index is 11.7. The molecule has 2 aliphatic rings. The van der Waals surface area contributed by atoms with E-state index in [0.29, 0.717) is 6.04 Å². The van der Waals surface area contributed by atoms with Crippen LogP contribution in [-0.2, 0) is 9.53 Å². The van der Waals surface area contributed by atoms with Gasteiger partial charge >= 0.3 is 6.09 Å². The summed E-state index contributed by atoms with van der Waals surface area (Å²) >= 11 is 0. The minimum absolute atomic E-state index is 0.211. The summed E-state index contributed by atoms with van der Waals surface area (Å²) < 4.78 is 5.27. The van der Waals surface area contributed by atoms with Crippen molar-refractivity contribution < 1.29 is 14.3 Å². The van der Waals surface area contributed by atoms with Crippen LogP contribution in [0.15, 0.2) is 0 Å². The SMILES string of the molecule is CC(C)(C)OC(=O)NC1CCN(C2CC(C=O)C2)CC1. The van der Waals surface area contributed by atoms with Gasteiger partial charge in [-0.05, 0) is 46.5 Å². The first-order valence-corrected chi connectivity index (χ1v) is 7.56. The van der Waals surface area contributed by atoms with E-state index in [9.17, 15) is 9.59 Å². The normalized spacial score (nSPS) is 28.6. The van der Waals surface area contributed by atoms with Crippen molar-refractivity contribution in [3.8, 4) is 0 Å². The summed E-state index contributed by atoms with van der Waals surface area (Å²) in [4.78, 5) is 24.8. The Balaban J connectivity index is 1.67. The molecule has 1 N–H and O–H groups in total. The van der Waals surface area contributed by atoms with Crippen molar-refractivity contribution in [1.29, 1.82) is 0 Å². The predicted molar refractivity (Wildman–Crippen MR) is 76.5 cm³/mol. The summed E-state index contributed by atoms with van der Waals surface area (Å²) in [7, 11) is 0. The van der Waals surface area contributed by atoms with Crippen LogP contribution in [0.4, 0.5) is 4.79 Å². The van der Waals surface area contributed by atoms with Gasteiger partial charge in [0, 0.05) is 31.1 Å². The quantitative estimate of drug-likeness (QED) is 0.804. The monoisotopic (exact) mass is 282 g/mol. The molecule has 2 fully saturated rings. The molecule has 0 aromatic heterocycles. The lowest BCUT2D eigenvalue weighted by molar-refractivity contribution is -0.115. The molecule has 1 amide bonds. The zero-order chi connectivity index (χ0) is 14.8. The average Bonchev–Trinajstić information content (AvgIpc) is 2.27. The molecule has 5 heteroatoms. The highest BCUT2D eigenvalue weighted by Crippen LogP contribution is 2.31. The van der Waals surface area contributed by atoms with Crippen molar-refractivity contribution in [2.24, 2.45) is 5.92 Å². The summed E-state index contributed by atoms with van der Waals surface area (Å²) in [5.41, 5.74) is -0.444. The Kier molecular flexibility index (Phi) is 4.68. The van der Waals surface area contributed by atoms with Crippen molar-refractivity contribution >= 4 is 12.4 Å². The number of piperidine rings is 1. The first kappa shape index (κ1) is 15.3. The Labute approximate surface area is 121 Å². The molecule has 20 heavy (non-hydrogen) atoms. The van der Waals surface area contributed by atoms with Crippen LogP contribution in [0.25, 0.3) is 0 Å². The van der Waals surface area contributed by atoms with Crippen LogP contribution in [0.3, 0.4) is 0 Å². The summed E-state index contributed by atoms with van der Waals surface area (Å²) in [5, 5.41) is 2.95. The first-order valence-electron chi connectivity index (χ1n) is 7.56.